The van der Waals surface area contributed by atoms with E-state index in [1.807, 2.05) is 4.90 Å². The predicted octanol–water partition coefficient (Wildman–Crippen LogP) is 5.06. The molecule has 2 fully saturated rings. The maximum absolute atomic E-state index is 16.0. The fourth-order valence-electron chi connectivity index (χ4n) is 5.32. The summed E-state index contributed by atoms with van der Waals surface area (Å²) >= 11 is 6.27. The molecule has 2 aromatic carbocycles. The van der Waals surface area contributed by atoms with Crippen molar-refractivity contribution >= 4 is 45.0 Å². The van der Waals surface area contributed by atoms with Gasteiger partial charge >= 0.3 is 0 Å². The number of halogens is 3. The van der Waals surface area contributed by atoms with Crippen LogP contribution >= 0.6 is 11.6 Å². The summed E-state index contributed by atoms with van der Waals surface area (Å²) in [5.74, 6) is -0.258. The van der Waals surface area contributed by atoms with Gasteiger partial charge in [0.15, 0.2) is 5.82 Å². The number of carbonyl (C=O) groups excluding carboxylic acids is 1. The Labute approximate surface area is 204 Å². The quantitative estimate of drug-likeness (QED) is 0.375. The number of anilines is 1. The van der Waals surface area contributed by atoms with Crippen LogP contribution in [0.15, 0.2) is 49.2 Å². The van der Waals surface area contributed by atoms with E-state index in [4.69, 9.17) is 11.6 Å². The van der Waals surface area contributed by atoms with E-state index >= 15 is 4.39 Å². The molecule has 0 aliphatic carbocycles. The number of pyridine rings is 1. The second-order valence-electron chi connectivity index (χ2n) is 8.85. The van der Waals surface area contributed by atoms with Gasteiger partial charge in [0.2, 0.25) is 5.91 Å². The van der Waals surface area contributed by atoms with Crippen molar-refractivity contribution in [2.45, 2.75) is 25.4 Å². The topological polar surface area (TPSA) is 62.2 Å². The maximum atomic E-state index is 16.0. The van der Waals surface area contributed by atoms with E-state index in [1.165, 1.54) is 12.1 Å². The van der Waals surface area contributed by atoms with Crippen molar-refractivity contribution in [1.82, 2.24) is 19.9 Å². The fraction of sp³-hybridized carbons (Fsp3) is 0.231. The Morgan fingerprint density at radius 2 is 2.03 bits per heavy atom. The SMILES string of the molecule is C=CC(=O)N1CC[C@@H]2[C@H]1CN2c1nc(C)nc2c(F)c(-c3cccc4ccc(F)c(Cl)c34)ncc12. The van der Waals surface area contributed by atoms with Crippen LogP contribution in [0.25, 0.3) is 32.9 Å². The predicted molar refractivity (Wildman–Crippen MR) is 131 cm³/mol. The number of likely N-dealkylation sites (tertiary alicyclic amines) is 1. The monoisotopic (exact) mass is 491 g/mol. The minimum Gasteiger partial charge on any atom is -0.349 e. The number of fused-ring (bicyclic) bond motifs is 3. The molecule has 0 bridgehead atoms. The molecule has 2 aromatic heterocycles. The molecule has 1 amide bonds. The van der Waals surface area contributed by atoms with Crippen molar-refractivity contribution in [2.75, 3.05) is 18.0 Å². The molecule has 0 spiro atoms. The first-order chi connectivity index (χ1) is 16.9. The fourth-order valence-corrected chi connectivity index (χ4v) is 5.59. The van der Waals surface area contributed by atoms with Crippen LogP contribution in [0.5, 0.6) is 0 Å². The lowest BCUT2D eigenvalue weighted by Gasteiger charge is -2.47. The molecule has 176 valence electrons. The van der Waals surface area contributed by atoms with Crippen molar-refractivity contribution in [2.24, 2.45) is 0 Å². The maximum Gasteiger partial charge on any atom is 0.246 e. The minimum absolute atomic E-state index is 0.0461. The minimum atomic E-state index is -0.617. The summed E-state index contributed by atoms with van der Waals surface area (Å²) in [6.45, 7) is 6.54. The molecular formula is C26H20ClF2N5O. The molecule has 0 saturated carbocycles. The second-order valence-corrected chi connectivity index (χ2v) is 9.23. The molecule has 9 heteroatoms. The van der Waals surface area contributed by atoms with Crippen LogP contribution in [0.1, 0.15) is 12.2 Å². The highest BCUT2D eigenvalue weighted by atomic mass is 35.5. The zero-order valence-corrected chi connectivity index (χ0v) is 19.6. The van der Waals surface area contributed by atoms with Crippen molar-refractivity contribution in [3.63, 3.8) is 0 Å². The van der Waals surface area contributed by atoms with Gasteiger partial charge < -0.3 is 9.80 Å². The van der Waals surface area contributed by atoms with E-state index in [2.05, 4.69) is 26.4 Å². The lowest BCUT2D eigenvalue weighted by atomic mass is 9.96. The zero-order valence-electron chi connectivity index (χ0n) is 18.8. The normalized spacial score (nSPS) is 19.2. The summed E-state index contributed by atoms with van der Waals surface area (Å²) in [6.07, 6.45) is 3.69. The zero-order chi connectivity index (χ0) is 24.4. The summed E-state index contributed by atoms with van der Waals surface area (Å²) < 4.78 is 30.2. The van der Waals surface area contributed by atoms with Crippen LogP contribution in [-0.4, -0.2) is 50.9 Å². The van der Waals surface area contributed by atoms with E-state index < -0.39 is 11.6 Å². The van der Waals surface area contributed by atoms with Gasteiger partial charge in [0, 0.05) is 30.2 Å². The smallest absolute Gasteiger partial charge is 0.246 e. The molecule has 0 N–H and O–H groups in total. The van der Waals surface area contributed by atoms with Crippen LogP contribution in [0.4, 0.5) is 14.6 Å². The van der Waals surface area contributed by atoms with Gasteiger partial charge in [0.1, 0.15) is 28.7 Å². The van der Waals surface area contributed by atoms with Crippen LogP contribution in [0, 0.1) is 18.6 Å². The Kier molecular flexibility index (Phi) is 4.96. The number of aromatic nitrogens is 3. The Morgan fingerprint density at radius 1 is 1.20 bits per heavy atom. The summed E-state index contributed by atoms with van der Waals surface area (Å²) in [4.78, 5) is 29.5. The highest BCUT2D eigenvalue weighted by Crippen LogP contribution is 2.41. The van der Waals surface area contributed by atoms with E-state index in [-0.39, 0.29) is 34.2 Å². The third-order valence-electron chi connectivity index (χ3n) is 6.99. The summed E-state index contributed by atoms with van der Waals surface area (Å²) in [5.41, 5.74) is 0.579. The molecule has 4 heterocycles. The molecule has 35 heavy (non-hydrogen) atoms. The summed E-state index contributed by atoms with van der Waals surface area (Å²) in [5, 5.41) is 1.49. The van der Waals surface area contributed by atoms with Crippen molar-refractivity contribution < 1.29 is 13.6 Å². The first kappa shape index (κ1) is 21.9. The van der Waals surface area contributed by atoms with Gasteiger partial charge in [-0.05, 0) is 30.9 Å². The van der Waals surface area contributed by atoms with E-state index in [0.29, 0.717) is 46.5 Å². The Bertz CT molecular complexity index is 1560. The van der Waals surface area contributed by atoms with Crippen LogP contribution in [0.3, 0.4) is 0 Å². The molecule has 2 aliphatic rings. The number of hydrogen-bond acceptors (Lipinski definition) is 5. The number of nitrogens with zero attached hydrogens (tertiary/aromatic N) is 5. The lowest BCUT2D eigenvalue weighted by Crippen LogP contribution is -2.63. The highest BCUT2D eigenvalue weighted by Gasteiger charge is 2.49. The van der Waals surface area contributed by atoms with Crippen molar-refractivity contribution in [1.29, 1.82) is 0 Å². The largest absolute Gasteiger partial charge is 0.349 e. The average Bonchev–Trinajstić information content (AvgIpc) is 3.17. The molecule has 0 unspecified atom stereocenters. The number of carbonyl (C=O) groups is 1. The second kappa shape index (κ2) is 7.95. The van der Waals surface area contributed by atoms with E-state index in [1.54, 1.807) is 37.4 Å². The first-order valence-electron chi connectivity index (χ1n) is 11.3. The Balaban J connectivity index is 1.47. The molecular weight excluding hydrogens is 472 g/mol. The van der Waals surface area contributed by atoms with Crippen LogP contribution in [0.2, 0.25) is 5.02 Å². The Hall–Kier alpha value is -3.65. The van der Waals surface area contributed by atoms with E-state index in [9.17, 15) is 9.18 Å². The number of aryl methyl sites for hydroxylation is 1. The van der Waals surface area contributed by atoms with Crippen molar-refractivity contribution in [3.05, 3.63) is 71.7 Å². The number of rotatable bonds is 3. The number of hydrogen-bond donors (Lipinski definition) is 0. The van der Waals surface area contributed by atoms with Crippen LogP contribution < -0.4 is 4.90 Å². The summed E-state index contributed by atoms with van der Waals surface area (Å²) in [6, 6.07) is 8.28. The first-order valence-corrected chi connectivity index (χ1v) is 11.7. The van der Waals surface area contributed by atoms with E-state index in [0.717, 1.165) is 6.42 Å². The molecule has 0 radical (unpaired) electrons. The lowest BCUT2D eigenvalue weighted by molar-refractivity contribution is -0.127. The molecule has 6 rings (SSSR count). The van der Waals surface area contributed by atoms with Gasteiger partial charge in [0.25, 0.3) is 0 Å². The average molecular weight is 492 g/mol. The molecule has 2 aliphatic heterocycles. The van der Waals surface area contributed by atoms with Gasteiger partial charge in [-0.1, -0.05) is 42.4 Å². The Morgan fingerprint density at radius 3 is 2.83 bits per heavy atom. The van der Waals surface area contributed by atoms with Gasteiger partial charge in [-0.2, -0.15) is 0 Å². The molecule has 2 saturated heterocycles. The molecule has 6 nitrogen and oxygen atoms in total. The van der Waals surface area contributed by atoms with Gasteiger partial charge in [-0.3, -0.25) is 9.78 Å². The van der Waals surface area contributed by atoms with Gasteiger partial charge in [-0.25, -0.2) is 18.7 Å². The van der Waals surface area contributed by atoms with Gasteiger partial charge in [0.05, 0.1) is 22.5 Å². The highest BCUT2D eigenvalue weighted by molar-refractivity contribution is 6.36. The number of benzene rings is 2. The van der Waals surface area contributed by atoms with Gasteiger partial charge in [-0.15, -0.1) is 0 Å². The van der Waals surface area contributed by atoms with Crippen molar-refractivity contribution in [3.8, 4) is 11.3 Å². The molecule has 4 aromatic rings. The van der Waals surface area contributed by atoms with Crippen LogP contribution in [-0.2, 0) is 4.79 Å². The third kappa shape index (κ3) is 3.20. The third-order valence-corrected chi connectivity index (χ3v) is 7.36. The summed E-state index contributed by atoms with van der Waals surface area (Å²) in [7, 11) is 0. The number of amides is 1. The molecule has 2 atom stereocenters. The standard InChI is InChI=1S/C26H20ClF2N5O/c1-3-20(35)33-10-9-18-19(33)12-34(18)26-16-11-30-24(23(29)25(16)31-13(2)32-26)15-6-4-5-14-7-8-17(28)22(27)21(14)15/h3-8,11,18-19H,1,9-10,12H2,2H3/t18-,19-/m1/s1.